The van der Waals surface area contributed by atoms with E-state index in [0.717, 1.165) is 11.8 Å². The van der Waals surface area contributed by atoms with Crippen LogP contribution in [0.3, 0.4) is 0 Å². The number of aromatic nitrogens is 1. The fourth-order valence-electron chi connectivity index (χ4n) is 4.36. The second kappa shape index (κ2) is 9.46. The minimum Gasteiger partial charge on any atom is -0.366 e. The fourth-order valence-corrected chi connectivity index (χ4v) is 5.17. The number of hydrogen-bond acceptors (Lipinski definition) is 5. The molecule has 0 aliphatic rings. The minimum atomic E-state index is -3.53. The zero-order valence-electron chi connectivity index (χ0n) is 18.6. The van der Waals surface area contributed by atoms with E-state index < -0.39 is 15.7 Å². The monoisotopic (exact) mass is 469 g/mol. The molecule has 2 N–H and O–H groups in total. The Labute approximate surface area is 198 Å². The molecule has 0 aliphatic carbocycles. The number of carbonyl (C=O) groups excluding carboxylic acids is 1. The number of pyridine rings is 1. The number of hydrogen-bond donors (Lipinski definition) is 1. The molecule has 6 nitrogen and oxygen atoms in total. The molecule has 4 rings (SSSR count). The summed E-state index contributed by atoms with van der Waals surface area (Å²) in [6, 6.07) is 26.3. The molecule has 3 aromatic carbocycles. The maximum Gasteiger partial charge on any atom is 0.249 e. The van der Waals surface area contributed by atoms with Gasteiger partial charge in [0.1, 0.15) is 0 Å². The average Bonchev–Trinajstić information content (AvgIpc) is 2.82. The molecule has 0 saturated heterocycles. The van der Waals surface area contributed by atoms with Crippen LogP contribution >= 0.6 is 0 Å². The van der Waals surface area contributed by atoms with Crippen LogP contribution in [0.1, 0.15) is 39.4 Å². The summed E-state index contributed by atoms with van der Waals surface area (Å²) in [6.45, 7) is 0. The molecule has 0 spiro atoms. The van der Waals surface area contributed by atoms with Crippen molar-refractivity contribution in [2.45, 2.75) is 18.1 Å². The van der Waals surface area contributed by atoms with Gasteiger partial charge in [-0.2, -0.15) is 5.26 Å². The molecule has 7 heteroatoms. The summed E-state index contributed by atoms with van der Waals surface area (Å²) in [5, 5.41) is 10.1. The van der Waals surface area contributed by atoms with Gasteiger partial charge < -0.3 is 5.73 Å². The number of benzene rings is 3. The summed E-state index contributed by atoms with van der Waals surface area (Å²) < 4.78 is 24.8. The van der Waals surface area contributed by atoms with Crippen molar-refractivity contribution in [2.24, 2.45) is 5.73 Å². The van der Waals surface area contributed by atoms with E-state index in [9.17, 15) is 18.5 Å². The van der Waals surface area contributed by atoms with Crippen molar-refractivity contribution in [2.75, 3.05) is 6.26 Å². The molecule has 34 heavy (non-hydrogen) atoms. The largest absolute Gasteiger partial charge is 0.366 e. The van der Waals surface area contributed by atoms with Crippen molar-refractivity contribution in [1.29, 1.82) is 5.26 Å². The van der Waals surface area contributed by atoms with Gasteiger partial charge in [0.15, 0.2) is 9.84 Å². The normalized spacial score (nSPS) is 12.2. The summed E-state index contributed by atoms with van der Waals surface area (Å²) in [6.07, 6.45) is 1.29. The zero-order chi connectivity index (χ0) is 24.3. The molecule has 1 aromatic heterocycles. The van der Waals surface area contributed by atoms with Crippen LogP contribution in [0.2, 0.25) is 0 Å². The van der Waals surface area contributed by atoms with Gasteiger partial charge in [0.25, 0.3) is 0 Å². The SMILES string of the molecule is CS(=O)(=O)Cc1c(-c2ccccc2)nc2cccc(C(CC#N)c3ccccc3)c2c1C(N)=O. The lowest BCUT2D eigenvalue weighted by Gasteiger charge is -2.21. The molecule has 1 amide bonds. The second-order valence-corrected chi connectivity index (χ2v) is 10.3. The number of fused-ring (bicyclic) bond motifs is 1. The molecule has 170 valence electrons. The summed E-state index contributed by atoms with van der Waals surface area (Å²) in [5.74, 6) is -1.47. The molecule has 0 fully saturated rings. The smallest absolute Gasteiger partial charge is 0.249 e. The molecule has 0 bridgehead atoms. The van der Waals surface area contributed by atoms with Crippen LogP contribution in [-0.4, -0.2) is 25.6 Å². The van der Waals surface area contributed by atoms with E-state index in [-0.39, 0.29) is 29.2 Å². The van der Waals surface area contributed by atoms with E-state index in [1.54, 1.807) is 6.07 Å². The fraction of sp³-hybridized carbons (Fsp3) is 0.148. The highest BCUT2D eigenvalue weighted by Crippen LogP contribution is 2.38. The van der Waals surface area contributed by atoms with E-state index in [0.29, 0.717) is 27.7 Å². The van der Waals surface area contributed by atoms with Gasteiger partial charge in [0.2, 0.25) is 5.91 Å². The Morgan fingerprint density at radius 3 is 2.24 bits per heavy atom. The molecular formula is C27H23N3O3S. The van der Waals surface area contributed by atoms with E-state index in [1.165, 1.54) is 0 Å². The minimum absolute atomic E-state index is 0.128. The molecule has 0 saturated carbocycles. The van der Waals surface area contributed by atoms with Gasteiger partial charge in [-0.15, -0.1) is 0 Å². The third kappa shape index (κ3) is 4.68. The first-order valence-corrected chi connectivity index (χ1v) is 12.8. The van der Waals surface area contributed by atoms with Crippen LogP contribution in [0.5, 0.6) is 0 Å². The number of rotatable bonds is 7. The predicted octanol–water partition coefficient (Wildman–Crippen LogP) is 4.59. The van der Waals surface area contributed by atoms with Gasteiger partial charge in [-0.3, -0.25) is 4.79 Å². The molecule has 1 heterocycles. The zero-order valence-corrected chi connectivity index (χ0v) is 19.4. The predicted molar refractivity (Wildman–Crippen MR) is 133 cm³/mol. The lowest BCUT2D eigenvalue weighted by atomic mass is 9.84. The molecule has 1 atom stereocenters. The van der Waals surface area contributed by atoms with Crippen molar-refractivity contribution in [1.82, 2.24) is 4.98 Å². The van der Waals surface area contributed by atoms with Crippen LogP contribution in [0, 0.1) is 11.3 Å². The first-order chi connectivity index (χ1) is 16.3. The number of amides is 1. The van der Waals surface area contributed by atoms with Crippen molar-refractivity contribution in [3.8, 4) is 17.3 Å². The lowest BCUT2D eigenvalue weighted by molar-refractivity contribution is 0.100. The van der Waals surface area contributed by atoms with Crippen molar-refractivity contribution in [3.05, 3.63) is 101 Å². The van der Waals surface area contributed by atoms with Crippen molar-refractivity contribution >= 4 is 26.6 Å². The topological polar surface area (TPSA) is 114 Å². The second-order valence-electron chi connectivity index (χ2n) is 8.18. The average molecular weight is 470 g/mol. The van der Waals surface area contributed by atoms with Gasteiger partial charge in [0.05, 0.1) is 28.6 Å². The standard InChI is InChI=1S/C27H23N3O3S/c1-34(32,33)17-22-25(27(29)31)24-21(20(15-16-28)18-9-4-2-5-10-18)13-8-14-23(24)30-26(22)19-11-6-3-7-12-19/h2-14,20H,15,17H2,1H3,(H2,29,31). The highest BCUT2D eigenvalue weighted by molar-refractivity contribution is 7.89. The Morgan fingerprint density at radius 2 is 1.65 bits per heavy atom. The summed E-state index contributed by atoms with van der Waals surface area (Å²) in [5.41, 5.74) is 9.52. The number of carbonyl (C=O) groups is 1. The number of nitrogens with zero attached hydrogens (tertiary/aromatic N) is 2. The van der Waals surface area contributed by atoms with Crippen LogP contribution in [0.25, 0.3) is 22.2 Å². The van der Waals surface area contributed by atoms with Crippen LogP contribution in [0.15, 0.2) is 78.9 Å². The first-order valence-electron chi connectivity index (χ1n) is 10.7. The van der Waals surface area contributed by atoms with Crippen molar-refractivity contribution in [3.63, 3.8) is 0 Å². The van der Waals surface area contributed by atoms with Crippen LogP contribution in [-0.2, 0) is 15.6 Å². The van der Waals surface area contributed by atoms with Gasteiger partial charge in [-0.1, -0.05) is 72.8 Å². The van der Waals surface area contributed by atoms with E-state index >= 15 is 0 Å². The third-order valence-corrected chi connectivity index (χ3v) is 6.53. The Morgan fingerprint density at radius 1 is 1.00 bits per heavy atom. The molecule has 1 unspecified atom stereocenters. The molecule has 0 radical (unpaired) electrons. The van der Waals surface area contributed by atoms with E-state index in [2.05, 4.69) is 6.07 Å². The van der Waals surface area contributed by atoms with Gasteiger partial charge in [0, 0.05) is 35.1 Å². The molecular weight excluding hydrogens is 446 g/mol. The summed E-state index contributed by atoms with van der Waals surface area (Å²) in [7, 11) is -3.53. The maximum absolute atomic E-state index is 12.9. The maximum atomic E-state index is 12.9. The number of primary amides is 1. The first kappa shape index (κ1) is 23.1. The van der Waals surface area contributed by atoms with Crippen LogP contribution in [0.4, 0.5) is 0 Å². The van der Waals surface area contributed by atoms with E-state index in [4.69, 9.17) is 10.7 Å². The van der Waals surface area contributed by atoms with E-state index in [1.807, 2.05) is 72.8 Å². The summed E-state index contributed by atoms with van der Waals surface area (Å²) in [4.78, 5) is 17.7. The lowest BCUT2D eigenvalue weighted by Crippen LogP contribution is -2.19. The quantitative estimate of drug-likeness (QED) is 0.425. The van der Waals surface area contributed by atoms with Crippen LogP contribution < -0.4 is 5.73 Å². The van der Waals surface area contributed by atoms with Crippen molar-refractivity contribution < 1.29 is 13.2 Å². The Hall–Kier alpha value is -4.02. The van der Waals surface area contributed by atoms with Gasteiger partial charge >= 0.3 is 0 Å². The highest BCUT2D eigenvalue weighted by Gasteiger charge is 2.27. The molecule has 4 aromatic rings. The summed E-state index contributed by atoms with van der Waals surface area (Å²) >= 11 is 0. The Bertz CT molecular complexity index is 1510. The Kier molecular flexibility index (Phi) is 6.44. The number of nitrogens with two attached hydrogens (primary N) is 1. The Balaban J connectivity index is 2.13. The number of sulfone groups is 1. The third-order valence-electron chi connectivity index (χ3n) is 5.72. The number of nitriles is 1. The molecule has 0 aliphatic heterocycles. The van der Waals surface area contributed by atoms with Gasteiger partial charge in [-0.25, -0.2) is 13.4 Å². The highest BCUT2D eigenvalue weighted by atomic mass is 32.2. The van der Waals surface area contributed by atoms with Gasteiger partial charge in [-0.05, 0) is 17.2 Å².